The third kappa shape index (κ3) is 3.83. The molecule has 5 nitrogen and oxygen atoms in total. The average Bonchev–Trinajstić information content (AvgIpc) is 2.60. The second-order valence-corrected chi connectivity index (χ2v) is 6.80. The maximum atomic E-state index is 10.4. The number of anilines is 1. The summed E-state index contributed by atoms with van der Waals surface area (Å²) in [6, 6.07) is 11.7. The molecule has 0 radical (unpaired) electrons. The molecule has 1 atom stereocenters. The van der Waals surface area contributed by atoms with Crippen LogP contribution in [0, 0.1) is 0 Å². The summed E-state index contributed by atoms with van der Waals surface area (Å²) in [6.45, 7) is 2.24. The fourth-order valence-electron chi connectivity index (χ4n) is 2.47. The van der Waals surface area contributed by atoms with E-state index in [0.717, 1.165) is 22.3 Å². The lowest BCUT2D eigenvalue weighted by atomic mass is 10.1. The summed E-state index contributed by atoms with van der Waals surface area (Å²) in [5, 5.41) is 14.6. The molecule has 0 amide bonds. The van der Waals surface area contributed by atoms with Gasteiger partial charge in [0.2, 0.25) is 0 Å². The van der Waals surface area contributed by atoms with E-state index >= 15 is 0 Å². The topological polar surface area (TPSA) is 70.9 Å². The van der Waals surface area contributed by atoms with Gasteiger partial charge < -0.3 is 10.4 Å². The van der Waals surface area contributed by atoms with E-state index < -0.39 is 5.60 Å². The van der Waals surface area contributed by atoms with Gasteiger partial charge in [-0.2, -0.15) is 11.8 Å². The lowest BCUT2D eigenvalue weighted by Crippen LogP contribution is -2.36. The third-order valence-corrected chi connectivity index (χ3v) is 4.53. The van der Waals surface area contributed by atoms with Gasteiger partial charge in [0.05, 0.1) is 11.1 Å². The van der Waals surface area contributed by atoms with Gasteiger partial charge in [-0.05, 0) is 37.4 Å². The van der Waals surface area contributed by atoms with Crippen molar-refractivity contribution in [1.29, 1.82) is 0 Å². The molecule has 3 rings (SSSR count). The molecule has 1 unspecified atom stereocenters. The number of benzene rings is 1. The molecule has 124 valence electrons. The van der Waals surface area contributed by atoms with Crippen molar-refractivity contribution in [3.05, 3.63) is 48.8 Å². The van der Waals surface area contributed by atoms with Crippen LogP contribution in [0.5, 0.6) is 0 Å². The van der Waals surface area contributed by atoms with Gasteiger partial charge in [-0.25, -0.2) is 9.97 Å². The normalized spacial score (nSPS) is 13.6. The van der Waals surface area contributed by atoms with E-state index in [4.69, 9.17) is 0 Å². The minimum absolute atomic E-state index is 0.418. The number of nitrogens with one attached hydrogen (secondary N) is 1. The maximum Gasteiger partial charge on any atom is 0.163 e. The van der Waals surface area contributed by atoms with Crippen LogP contribution in [-0.2, 0) is 0 Å². The van der Waals surface area contributed by atoms with Crippen LogP contribution in [0.25, 0.3) is 22.3 Å². The first-order chi connectivity index (χ1) is 11.6. The molecule has 0 aliphatic rings. The van der Waals surface area contributed by atoms with E-state index in [1.54, 1.807) is 24.2 Å². The molecule has 0 aliphatic carbocycles. The Morgan fingerprint density at radius 2 is 2.00 bits per heavy atom. The van der Waals surface area contributed by atoms with Crippen molar-refractivity contribution in [3.8, 4) is 11.4 Å². The highest BCUT2D eigenvalue weighted by molar-refractivity contribution is 7.98. The molecule has 2 N–H and O–H groups in total. The maximum absolute atomic E-state index is 10.4. The van der Waals surface area contributed by atoms with E-state index in [1.807, 2.05) is 49.6 Å². The number of rotatable bonds is 6. The number of nitrogens with zero attached hydrogens (tertiary/aromatic N) is 3. The summed E-state index contributed by atoms with van der Waals surface area (Å²) in [4.78, 5) is 13.4. The van der Waals surface area contributed by atoms with Crippen molar-refractivity contribution < 1.29 is 5.11 Å². The summed E-state index contributed by atoms with van der Waals surface area (Å²) in [7, 11) is 0. The molecule has 0 bridgehead atoms. The lowest BCUT2D eigenvalue weighted by Gasteiger charge is -2.23. The fourth-order valence-corrected chi connectivity index (χ4v) is 3.20. The summed E-state index contributed by atoms with van der Waals surface area (Å²) in [5.41, 5.74) is 0.917. The van der Waals surface area contributed by atoms with Crippen molar-refractivity contribution in [3.63, 3.8) is 0 Å². The van der Waals surface area contributed by atoms with Gasteiger partial charge in [-0.1, -0.05) is 12.1 Å². The number of aliphatic hydroxyl groups is 1. The molecule has 2 heterocycles. The SMILES string of the molecule is CSCC(C)(O)CNc1nc(-c2cccnc2)nc2ccccc12. The van der Waals surface area contributed by atoms with Crippen LogP contribution in [0.15, 0.2) is 48.8 Å². The van der Waals surface area contributed by atoms with Crippen LogP contribution in [-0.4, -0.2) is 44.2 Å². The third-order valence-electron chi connectivity index (χ3n) is 3.61. The second-order valence-electron chi connectivity index (χ2n) is 5.94. The van der Waals surface area contributed by atoms with Crippen molar-refractivity contribution in [2.45, 2.75) is 12.5 Å². The van der Waals surface area contributed by atoms with Gasteiger partial charge in [0.15, 0.2) is 5.82 Å². The number of hydrogen-bond donors (Lipinski definition) is 2. The van der Waals surface area contributed by atoms with Crippen LogP contribution in [0.3, 0.4) is 0 Å². The highest BCUT2D eigenvalue weighted by atomic mass is 32.2. The van der Waals surface area contributed by atoms with Gasteiger partial charge in [-0.15, -0.1) is 0 Å². The summed E-state index contributed by atoms with van der Waals surface area (Å²) in [5.74, 6) is 1.99. The van der Waals surface area contributed by atoms with Gasteiger partial charge in [0.25, 0.3) is 0 Å². The monoisotopic (exact) mass is 340 g/mol. The van der Waals surface area contributed by atoms with Crippen LogP contribution in [0.4, 0.5) is 5.82 Å². The van der Waals surface area contributed by atoms with Crippen molar-refractivity contribution in [1.82, 2.24) is 15.0 Å². The average molecular weight is 340 g/mol. The Morgan fingerprint density at radius 3 is 2.75 bits per heavy atom. The molecule has 3 aromatic rings. The molecule has 0 spiro atoms. The molecular formula is C18H20N4OS. The van der Waals surface area contributed by atoms with E-state index in [2.05, 4.69) is 20.3 Å². The molecule has 0 fully saturated rings. The number of pyridine rings is 1. The van der Waals surface area contributed by atoms with Crippen LogP contribution >= 0.6 is 11.8 Å². The first-order valence-corrected chi connectivity index (χ1v) is 9.11. The Balaban J connectivity index is 1.99. The Kier molecular flexibility index (Phi) is 4.97. The molecule has 2 aromatic heterocycles. The summed E-state index contributed by atoms with van der Waals surface area (Å²) < 4.78 is 0. The molecule has 0 aliphatic heterocycles. The first-order valence-electron chi connectivity index (χ1n) is 7.71. The zero-order valence-corrected chi connectivity index (χ0v) is 14.5. The number of aromatic nitrogens is 3. The van der Waals surface area contributed by atoms with Gasteiger partial charge in [0.1, 0.15) is 5.82 Å². The Labute approximate surface area is 145 Å². The van der Waals surface area contributed by atoms with E-state index in [0.29, 0.717) is 18.1 Å². The van der Waals surface area contributed by atoms with E-state index in [1.165, 1.54) is 0 Å². The molecule has 6 heteroatoms. The largest absolute Gasteiger partial charge is 0.387 e. The van der Waals surface area contributed by atoms with Gasteiger partial charge in [0, 0.05) is 35.6 Å². The Bertz CT molecular complexity index is 824. The highest BCUT2D eigenvalue weighted by Gasteiger charge is 2.20. The predicted octanol–water partition coefficient (Wildman–Crippen LogP) is 3.22. The van der Waals surface area contributed by atoms with E-state index in [-0.39, 0.29) is 0 Å². The van der Waals surface area contributed by atoms with Crippen molar-refractivity contribution >= 4 is 28.5 Å². The second kappa shape index (κ2) is 7.15. The minimum atomic E-state index is -0.806. The predicted molar refractivity (Wildman–Crippen MR) is 100 cm³/mol. The number of para-hydroxylation sites is 1. The fraction of sp³-hybridized carbons (Fsp3) is 0.278. The number of hydrogen-bond acceptors (Lipinski definition) is 6. The Morgan fingerprint density at radius 1 is 1.17 bits per heavy atom. The zero-order chi connectivity index (χ0) is 17.0. The van der Waals surface area contributed by atoms with Crippen molar-refractivity contribution in [2.24, 2.45) is 0 Å². The van der Waals surface area contributed by atoms with Crippen LogP contribution in [0.1, 0.15) is 6.92 Å². The summed E-state index contributed by atoms with van der Waals surface area (Å²) in [6.07, 6.45) is 5.45. The molecular weight excluding hydrogens is 320 g/mol. The first kappa shape index (κ1) is 16.7. The molecule has 1 aromatic carbocycles. The van der Waals surface area contributed by atoms with Crippen LogP contribution < -0.4 is 5.32 Å². The quantitative estimate of drug-likeness (QED) is 0.718. The molecule has 0 saturated carbocycles. The van der Waals surface area contributed by atoms with Gasteiger partial charge in [-0.3, -0.25) is 4.98 Å². The summed E-state index contributed by atoms with van der Waals surface area (Å²) >= 11 is 1.62. The zero-order valence-electron chi connectivity index (χ0n) is 13.7. The lowest BCUT2D eigenvalue weighted by molar-refractivity contribution is 0.0996. The highest BCUT2D eigenvalue weighted by Crippen LogP contribution is 2.25. The van der Waals surface area contributed by atoms with E-state index in [9.17, 15) is 5.11 Å². The van der Waals surface area contributed by atoms with Crippen molar-refractivity contribution in [2.75, 3.05) is 23.9 Å². The molecule has 24 heavy (non-hydrogen) atoms. The number of fused-ring (bicyclic) bond motifs is 1. The van der Waals surface area contributed by atoms with Gasteiger partial charge >= 0.3 is 0 Å². The smallest absolute Gasteiger partial charge is 0.163 e. The minimum Gasteiger partial charge on any atom is -0.387 e. The standard InChI is InChI=1S/C18H20N4OS/c1-18(23,12-24-2)11-20-17-14-7-3-4-8-15(14)21-16(22-17)13-6-5-9-19-10-13/h3-10,23H,11-12H2,1-2H3,(H,20,21,22). The Hall–Kier alpha value is -2.18. The number of thioether (sulfide) groups is 1. The van der Waals surface area contributed by atoms with Crippen LogP contribution in [0.2, 0.25) is 0 Å². The molecule has 0 saturated heterocycles.